The van der Waals surface area contributed by atoms with Gasteiger partial charge in [0.1, 0.15) is 0 Å². The summed E-state index contributed by atoms with van der Waals surface area (Å²) in [5.74, 6) is 3.15. The first-order valence-electron chi connectivity index (χ1n) is 9.02. The van der Waals surface area contributed by atoms with Crippen LogP contribution in [0.25, 0.3) is 0 Å². The van der Waals surface area contributed by atoms with E-state index < -0.39 is 0 Å². The fourth-order valence-electron chi connectivity index (χ4n) is 2.93. The minimum absolute atomic E-state index is 0.126. The number of hydrogen-bond acceptors (Lipinski definition) is 5. The van der Waals surface area contributed by atoms with Gasteiger partial charge in [0.2, 0.25) is 11.8 Å². The van der Waals surface area contributed by atoms with Crippen LogP contribution in [-0.2, 0) is 11.2 Å². The van der Waals surface area contributed by atoms with Crippen LogP contribution in [0.15, 0.2) is 9.52 Å². The number of piperidine rings is 1. The molecule has 1 saturated heterocycles. The summed E-state index contributed by atoms with van der Waals surface area (Å²) in [5.41, 5.74) is 0. The lowest BCUT2D eigenvalue weighted by atomic mass is 9.93. The Balaban J connectivity index is 1.74. The van der Waals surface area contributed by atoms with Gasteiger partial charge < -0.3 is 20.1 Å². The molecular weight excluding hydrogens is 320 g/mol. The second-order valence-corrected chi connectivity index (χ2v) is 6.73. The molecule has 0 spiro atoms. The largest absolute Gasteiger partial charge is 0.359 e. The van der Waals surface area contributed by atoms with Gasteiger partial charge in [-0.2, -0.15) is 4.98 Å². The van der Waals surface area contributed by atoms with E-state index in [0.717, 1.165) is 37.7 Å². The van der Waals surface area contributed by atoms with Crippen LogP contribution < -0.4 is 10.6 Å². The minimum atomic E-state index is 0.126. The summed E-state index contributed by atoms with van der Waals surface area (Å²) in [7, 11) is 3.49. The molecule has 1 amide bonds. The molecule has 0 saturated carbocycles. The summed E-state index contributed by atoms with van der Waals surface area (Å²) >= 11 is 0. The second kappa shape index (κ2) is 9.39. The summed E-state index contributed by atoms with van der Waals surface area (Å²) in [6, 6.07) is 0. The molecule has 1 fully saturated rings. The Morgan fingerprint density at radius 2 is 2.12 bits per heavy atom. The van der Waals surface area contributed by atoms with Crippen LogP contribution in [0.5, 0.6) is 0 Å². The molecule has 1 aliphatic rings. The van der Waals surface area contributed by atoms with Crippen molar-refractivity contribution in [3.63, 3.8) is 0 Å². The quantitative estimate of drug-likeness (QED) is 0.590. The normalized spacial score (nSPS) is 16.4. The number of amides is 1. The number of aromatic nitrogens is 2. The fraction of sp³-hybridized carbons (Fsp3) is 0.765. The molecule has 8 heteroatoms. The molecule has 25 heavy (non-hydrogen) atoms. The lowest BCUT2D eigenvalue weighted by Gasteiger charge is -2.34. The number of nitrogens with one attached hydrogen (secondary N) is 2. The average molecular weight is 350 g/mol. The van der Waals surface area contributed by atoms with Gasteiger partial charge in [-0.05, 0) is 18.8 Å². The third-order valence-corrected chi connectivity index (χ3v) is 4.50. The van der Waals surface area contributed by atoms with Crippen molar-refractivity contribution in [1.82, 2.24) is 25.7 Å². The smallest absolute Gasteiger partial charge is 0.228 e. The van der Waals surface area contributed by atoms with Crippen LogP contribution >= 0.6 is 0 Å². The van der Waals surface area contributed by atoms with Gasteiger partial charge in [-0.15, -0.1) is 0 Å². The minimum Gasteiger partial charge on any atom is -0.359 e. The monoisotopic (exact) mass is 350 g/mol. The van der Waals surface area contributed by atoms with E-state index in [2.05, 4.69) is 30.7 Å². The molecule has 140 valence electrons. The molecule has 8 nitrogen and oxygen atoms in total. The van der Waals surface area contributed by atoms with Crippen molar-refractivity contribution < 1.29 is 9.32 Å². The highest BCUT2D eigenvalue weighted by molar-refractivity contribution is 5.80. The van der Waals surface area contributed by atoms with Gasteiger partial charge in [-0.25, -0.2) is 0 Å². The van der Waals surface area contributed by atoms with E-state index in [1.807, 2.05) is 13.8 Å². The Kier molecular flexibility index (Phi) is 7.21. The van der Waals surface area contributed by atoms with Gasteiger partial charge >= 0.3 is 0 Å². The summed E-state index contributed by atoms with van der Waals surface area (Å²) in [6.45, 7) is 6.62. The molecule has 0 radical (unpaired) electrons. The Morgan fingerprint density at radius 1 is 1.40 bits per heavy atom. The molecule has 0 bridgehead atoms. The maximum atomic E-state index is 11.5. The molecular formula is C17H30N6O2. The number of carbonyl (C=O) groups is 1. The van der Waals surface area contributed by atoms with Crippen molar-refractivity contribution in [2.45, 2.75) is 45.4 Å². The molecule has 1 aliphatic heterocycles. The number of rotatable bonds is 6. The van der Waals surface area contributed by atoms with Crippen molar-refractivity contribution in [2.24, 2.45) is 10.9 Å². The maximum absolute atomic E-state index is 11.5. The molecule has 1 aromatic heterocycles. The molecule has 2 N–H and O–H groups in total. The first kappa shape index (κ1) is 19.2. The molecule has 0 aromatic carbocycles. The third kappa shape index (κ3) is 5.72. The Hall–Kier alpha value is -2.12. The van der Waals surface area contributed by atoms with Crippen LogP contribution in [0, 0.1) is 5.92 Å². The number of guanidine groups is 1. The zero-order chi connectivity index (χ0) is 18.2. The first-order valence-corrected chi connectivity index (χ1v) is 9.02. The van der Waals surface area contributed by atoms with Gasteiger partial charge in [0.05, 0.1) is 0 Å². The third-order valence-electron chi connectivity index (χ3n) is 4.50. The van der Waals surface area contributed by atoms with Crippen molar-refractivity contribution in [2.75, 3.05) is 33.7 Å². The number of hydrogen-bond donors (Lipinski definition) is 2. The lowest BCUT2D eigenvalue weighted by Crippen LogP contribution is -2.46. The predicted molar refractivity (Wildman–Crippen MR) is 96.4 cm³/mol. The number of likely N-dealkylation sites (tertiary alicyclic amines) is 1. The van der Waals surface area contributed by atoms with E-state index in [1.54, 1.807) is 14.1 Å². The predicted octanol–water partition coefficient (Wildman–Crippen LogP) is 1.16. The van der Waals surface area contributed by atoms with E-state index >= 15 is 0 Å². The van der Waals surface area contributed by atoms with E-state index in [0.29, 0.717) is 31.2 Å². The summed E-state index contributed by atoms with van der Waals surface area (Å²) in [6.07, 6.45) is 3.31. The van der Waals surface area contributed by atoms with E-state index in [4.69, 9.17) is 4.52 Å². The maximum Gasteiger partial charge on any atom is 0.228 e. The second-order valence-electron chi connectivity index (χ2n) is 6.73. The molecule has 0 unspecified atom stereocenters. The number of nitrogens with zero attached hydrogens (tertiary/aromatic N) is 4. The summed E-state index contributed by atoms with van der Waals surface area (Å²) < 4.78 is 5.26. The zero-order valence-electron chi connectivity index (χ0n) is 15.7. The van der Waals surface area contributed by atoms with Gasteiger partial charge in [0, 0.05) is 52.5 Å². The molecule has 0 aliphatic carbocycles. The van der Waals surface area contributed by atoms with Crippen LogP contribution in [0.2, 0.25) is 0 Å². The van der Waals surface area contributed by atoms with E-state index in [9.17, 15) is 4.79 Å². The standard InChI is InChI=1S/C17H30N6O2/c1-12(2)16-21-15(25-22-16)5-8-20-17(19-4)23-9-6-13(7-10-23)11-14(24)18-3/h12-13H,5-11H2,1-4H3,(H,18,24)(H,19,20). The molecule has 1 aromatic rings. The van der Waals surface area contributed by atoms with Crippen molar-refractivity contribution >= 4 is 11.9 Å². The Labute approximate surface area is 149 Å². The van der Waals surface area contributed by atoms with E-state index in [-0.39, 0.29) is 11.8 Å². The fourth-order valence-corrected chi connectivity index (χ4v) is 2.93. The first-order chi connectivity index (χ1) is 12.0. The highest BCUT2D eigenvalue weighted by Crippen LogP contribution is 2.20. The van der Waals surface area contributed by atoms with Crippen LogP contribution in [-0.4, -0.2) is 60.6 Å². The number of carbonyl (C=O) groups excluding carboxylic acids is 1. The Bertz CT molecular complexity index is 575. The summed E-state index contributed by atoms with van der Waals surface area (Å²) in [4.78, 5) is 22.5. The van der Waals surface area contributed by atoms with Crippen molar-refractivity contribution in [3.8, 4) is 0 Å². The van der Waals surface area contributed by atoms with Crippen LogP contribution in [0.4, 0.5) is 0 Å². The highest BCUT2D eigenvalue weighted by Gasteiger charge is 2.23. The van der Waals surface area contributed by atoms with Crippen molar-refractivity contribution in [3.05, 3.63) is 11.7 Å². The number of aliphatic imine (C=N–C) groups is 1. The zero-order valence-corrected chi connectivity index (χ0v) is 15.7. The SMILES string of the molecule is CN=C(NCCc1nc(C(C)C)no1)N1CCC(CC(=O)NC)CC1. The van der Waals surface area contributed by atoms with Gasteiger partial charge in [0.15, 0.2) is 11.8 Å². The molecule has 2 rings (SSSR count). The van der Waals surface area contributed by atoms with Gasteiger partial charge in [0.25, 0.3) is 0 Å². The molecule has 0 atom stereocenters. The van der Waals surface area contributed by atoms with Gasteiger partial charge in [-0.1, -0.05) is 19.0 Å². The van der Waals surface area contributed by atoms with Gasteiger partial charge in [-0.3, -0.25) is 9.79 Å². The average Bonchev–Trinajstić information content (AvgIpc) is 3.09. The van der Waals surface area contributed by atoms with Crippen molar-refractivity contribution in [1.29, 1.82) is 0 Å². The topological polar surface area (TPSA) is 95.7 Å². The van der Waals surface area contributed by atoms with E-state index in [1.165, 1.54) is 0 Å². The summed E-state index contributed by atoms with van der Waals surface area (Å²) in [5, 5.41) is 10.0. The Morgan fingerprint density at radius 3 is 2.68 bits per heavy atom. The highest BCUT2D eigenvalue weighted by atomic mass is 16.5. The molecule has 2 heterocycles. The van der Waals surface area contributed by atoms with Crippen LogP contribution in [0.1, 0.15) is 50.7 Å². The van der Waals surface area contributed by atoms with Crippen LogP contribution in [0.3, 0.4) is 0 Å². The lowest BCUT2D eigenvalue weighted by molar-refractivity contribution is -0.121.